The van der Waals surface area contributed by atoms with Crippen molar-refractivity contribution in [3.8, 4) is 11.3 Å². The zero-order valence-electron chi connectivity index (χ0n) is 12.9. The number of methoxy groups -OCH3 is 1. The number of carboxylic acids is 1. The summed E-state index contributed by atoms with van der Waals surface area (Å²) in [6.07, 6.45) is 0. The Bertz CT molecular complexity index is 671. The monoisotopic (exact) mass is 287 g/mol. The molecule has 0 radical (unpaired) electrons. The van der Waals surface area contributed by atoms with E-state index in [4.69, 9.17) is 4.74 Å². The van der Waals surface area contributed by atoms with Gasteiger partial charge in [0.25, 0.3) is 0 Å². The lowest BCUT2D eigenvalue weighted by atomic mass is 10.0. The van der Waals surface area contributed by atoms with Crippen LogP contribution in [0.1, 0.15) is 27.2 Å². The van der Waals surface area contributed by atoms with Crippen molar-refractivity contribution < 1.29 is 14.6 Å². The minimum absolute atomic E-state index is 0.347. The third kappa shape index (κ3) is 3.00. The number of ether oxygens (including phenoxy) is 1. The van der Waals surface area contributed by atoms with Gasteiger partial charge in [-0.1, -0.05) is 12.1 Å². The van der Waals surface area contributed by atoms with E-state index in [0.29, 0.717) is 18.7 Å². The molecule has 1 heterocycles. The van der Waals surface area contributed by atoms with Gasteiger partial charge in [0.1, 0.15) is 0 Å². The summed E-state index contributed by atoms with van der Waals surface area (Å²) in [6, 6.07) is 7.94. The van der Waals surface area contributed by atoms with E-state index in [1.54, 1.807) is 13.2 Å². The normalized spacial score (nSPS) is 10.9. The molecular weight excluding hydrogens is 266 g/mol. The molecule has 0 spiro atoms. The van der Waals surface area contributed by atoms with Crippen molar-refractivity contribution in [2.75, 3.05) is 13.7 Å². The Labute approximate surface area is 125 Å². The zero-order valence-corrected chi connectivity index (χ0v) is 12.9. The highest BCUT2D eigenvalue weighted by molar-refractivity contribution is 5.91. The molecule has 0 bridgehead atoms. The van der Waals surface area contributed by atoms with Gasteiger partial charge >= 0.3 is 5.97 Å². The highest BCUT2D eigenvalue weighted by atomic mass is 16.5. The van der Waals surface area contributed by atoms with E-state index in [0.717, 1.165) is 17.0 Å². The van der Waals surface area contributed by atoms with Crippen LogP contribution in [-0.2, 0) is 11.3 Å². The fourth-order valence-electron chi connectivity index (χ4n) is 2.47. The molecule has 1 N–H and O–H groups in total. The third-order valence-electron chi connectivity index (χ3n) is 3.92. The number of benzene rings is 1. The largest absolute Gasteiger partial charge is 0.478 e. The highest BCUT2D eigenvalue weighted by Crippen LogP contribution is 2.27. The maximum atomic E-state index is 11.4. The molecule has 0 saturated carbocycles. The van der Waals surface area contributed by atoms with Crippen LogP contribution in [0.2, 0.25) is 0 Å². The number of aromatic nitrogens is 1. The molecule has 21 heavy (non-hydrogen) atoms. The van der Waals surface area contributed by atoms with Crippen molar-refractivity contribution in [2.45, 2.75) is 27.3 Å². The van der Waals surface area contributed by atoms with Crippen LogP contribution in [-0.4, -0.2) is 29.4 Å². The summed E-state index contributed by atoms with van der Waals surface area (Å²) >= 11 is 0. The molecule has 0 amide bonds. The van der Waals surface area contributed by atoms with Crippen molar-refractivity contribution in [1.29, 1.82) is 0 Å². The van der Waals surface area contributed by atoms with Crippen molar-refractivity contribution in [3.05, 3.63) is 46.6 Å². The number of carboxylic acid groups (broad SMARTS) is 1. The van der Waals surface area contributed by atoms with Crippen LogP contribution >= 0.6 is 0 Å². The highest BCUT2D eigenvalue weighted by Gasteiger charge is 2.17. The van der Waals surface area contributed by atoms with Gasteiger partial charge in [0.05, 0.1) is 12.2 Å². The number of rotatable bonds is 5. The zero-order chi connectivity index (χ0) is 15.6. The maximum Gasteiger partial charge on any atom is 0.337 e. The minimum atomic E-state index is -0.895. The first-order valence-electron chi connectivity index (χ1n) is 6.95. The van der Waals surface area contributed by atoms with Crippen LogP contribution < -0.4 is 0 Å². The Balaban J connectivity index is 2.57. The third-order valence-corrected chi connectivity index (χ3v) is 3.92. The maximum absolute atomic E-state index is 11.4. The molecule has 2 rings (SSSR count). The predicted molar refractivity (Wildman–Crippen MR) is 82.9 cm³/mol. The molecule has 0 aliphatic rings. The summed E-state index contributed by atoms with van der Waals surface area (Å²) in [4.78, 5) is 11.4. The summed E-state index contributed by atoms with van der Waals surface area (Å²) in [5.74, 6) is -0.895. The second-order valence-electron chi connectivity index (χ2n) is 5.28. The molecule has 0 atom stereocenters. The van der Waals surface area contributed by atoms with Crippen molar-refractivity contribution in [1.82, 2.24) is 4.57 Å². The smallest absolute Gasteiger partial charge is 0.337 e. The molecule has 4 nitrogen and oxygen atoms in total. The van der Waals surface area contributed by atoms with Gasteiger partial charge < -0.3 is 14.4 Å². The summed E-state index contributed by atoms with van der Waals surface area (Å²) in [5.41, 5.74) is 5.48. The topological polar surface area (TPSA) is 51.5 Å². The molecule has 0 aliphatic heterocycles. The number of hydrogen-bond donors (Lipinski definition) is 1. The van der Waals surface area contributed by atoms with Gasteiger partial charge in [-0.25, -0.2) is 4.79 Å². The van der Waals surface area contributed by atoms with Gasteiger partial charge in [-0.05, 0) is 49.6 Å². The van der Waals surface area contributed by atoms with Gasteiger partial charge in [0.15, 0.2) is 0 Å². The lowest BCUT2D eigenvalue weighted by Crippen LogP contribution is -2.08. The van der Waals surface area contributed by atoms with Crippen LogP contribution in [0.4, 0.5) is 0 Å². The Kier molecular flexibility index (Phi) is 4.48. The summed E-state index contributed by atoms with van der Waals surface area (Å²) < 4.78 is 7.15. The lowest BCUT2D eigenvalue weighted by Gasteiger charge is -2.12. The van der Waals surface area contributed by atoms with E-state index in [2.05, 4.69) is 26.0 Å². The van der Waals surface area contributed by atoms with Crippen LogP contribution in [0.25, 0.3) is 11.3 Å². The van der Waals surface area contributed by atoms with Crippen LogP contribution in [0.15, 0.2) is 24.3 Å². The fraction of sp³-hybridized carbons (Fsp3) is 0.353. The van der Waals surface area contributed by atoms with Crippen LogP contribution in [0, 0.1) is 20.8 Å². The van der Waals surface area contributed by atoms with Crippen molar-refractivity contribution in [2.24, 2.45) is 0 Å². The number of hydrogen-bond acceptors (Lipinski definition) is 2. The van der Waals surface area contributed by atoms with Gasteiger partial charge in [-0.15, -0.1) is 0 Å². The van der Waals surface area contributed by atoms with E-state index in [1.807, 2.05) is 17.6 Å². The van der Waals surface area contributed by atoms with E-state index >= 15 is 0 Å². The average Bonchev–Trinajstić information content (AvgIpc) is 2.77. The quantitative estimate of drug-likeness (QED) is 0.916. The first-order valence-corrected chi connectivity index (χ1v) is 6.95. The van der Waals surface area contributed by atoms with Gasteiger partial charge in [-0.3, -0.25) is 0 Å². The van der Waals surface area contributed by atoms with E-state index in [9.17, 15) is 9.90 Å². The number of aryl methyl sites for hydroxylation is 2. The number of carbonyl (C=O) groups is 1. The van der Waals surface area contributed by atoms with E-state index in [-0.39, 0.29) is 0 Å². The molecule has 112 valence electrons. The van der Waals surface area contributed by atoms with Gasteiger partial charge in [0, 0.05) is 25.0 Å². The molecule has 1 aromatic carbocycles. The first kappa shape index (κ1) is 15.3. The second kappa shape index (κ2) is 6.14. The minimum Gasteiger partial charge on any atom is -0.478 e. The van der Waals surface area contributed by atoms with Gasteiger partial charge in [0.2, 0.25) is 0 Å². The summed E-state index contributed by atoms with van der Waals surface area (Å²) in [7, 11) is 1.65. The molecule has 4 heteroatoms. The molecule has 2 aromatic rings. The Morgan fingerprint density at radius 3 is 2.48 bits per heavy atom. The van der Waals surface area contributed by atoms with Gasteiger partial charge in [-0.2, -0.15) is 0 Å². The predicted octanol–water partition coefficient (Wildman–Crippen LogP) is 3.42. The van der Waals surface area contributed by atoms with E-state index < -0.39 is 5.97 Å². The Morgan fingerprint density at radius 2 is 1.90 bits per heavy atom. The number of nitrogens with zero attached hydrogens (tertiary/aromatic N) is 1. The molecule has 0 aliphatic carbocycles. The molecule has 1 aromatic heterocycles. The second-order valence-corrected chi connectivity index (χ2v) is 5.28. The average molecular weight is 287 g/mol. The van der Waals surface area contributed by atoms with Crippen LogP contribution in [0.5, 0.6) is 0 Å². The van der Waals surface area contributed by atoms with Crippen LogP contribution in [0.3, 0.4) is 0 Å². The fourth-order valence-corrected chi connectivity index (χ4v) is 2.47. The standard InChI is InChI=1S/C17H21NO3/c1-11-5-6-14(9-12(11)2)16-10-15(17(19)20)13(3)18(16)7-8-21-4/h5-6,9-10H,7-8H2,1-4H3,(H,19,20). The lowest BCUT2D eigenvalue weighted by molar-refractivity contribution is 0.0696. The van der Waals surface area contributed by atoms with Crippen molar-refractivity contribution >= 4 is 5.97 Å². The molecule has 0 fully saturated rings. The first-order chi connectivity index (χ1) is 9.95. The molecule has 0 unspecified atom stereocenters. The molecular formula is C17H21NO3. The SMILES string of the molecule is COCCn1c(-c2ccc(C)c(C)c2)cc(C(=O)O)c1C. The van der Waals surface area contributed by atoms with E-state index in [1.165, 1.54) is 11.1 Å². The Hall–Kier alpha value is -2.07. The summed E-state index contributed by atoms with van der Waals surface area (Å²) in [6.45, 7) is 7.15. The van der Waals surface area contributed by atoms with Crippen molar-refractivity contribution in [3.63, 3.8) is 0 Å². The number of aromatic carboxylic acids is 1. The molecule has 0 saturated heterocycles. The summed E-state index contributed by atoms with van der Waals surface area (Å²) in [5, 5.41) is 9.33. The Morgan fingerprint density at radius 1 is 1.19 bits per heavy atom.